The summed E-state index contributed by atoms with van der Waals surface area (Å²) in [6, 6.07) is 5.31. The van der Waals surface area contributed by atoms with Gasteiger partial charge in [0.05, 0.1) is 5.56 Å². The van der Waals surface area contributed by atoms with Gasteiger partial charge in [-0.05, 0) is 18.4 Å². The van der Waals surface area contributed by atoms with Crippen molar-refractivity contribution in [2.45, 2.75) is 5.03 Å². The van der Waals surface area contributed by atoms with Crippen LogP contribution in [0.4, 0.5) is 0 Å². The number of hydrogen-bond donors (Lipinski definition) is 0. The molecule has 4 heteroatoms. The molecule has 0 radical (unpaired) electrons. The second kappa shape index (κ2) is 3.61. The first-order chi connectivity index (χ1) is 5.27. The van der Waals surface area contributed by atoms with Crippen molar-refractivity contribution >= 4 is 23.4 Å². The lowest BCUT2D eigenvalue weighted by atomic mass is 10.3. The maximum absolute atomic E-state index is 8.59. The molecule has 0 N–H and O–H groups in total. The van der Waals surface area contributed by atoms with Crippen molar-refractivity contribution in [2.24, 2.45) is 0 Å². The Morgan fingerprint density at radius 3 is 2.91 bits per heavy atom. The molecule has 0 aliphatic rings. The molecule has 0 aliphatic heterocycles. The Kier molecular flexibility index (Phi) is 2.75. The van der Waals surface area contributed by atoms with Crippen molar-refractivity contribution in [2.75, 3.05) is 6.26 Å². The van der Waals surface area contributed by atoms with Gasteiger partial charge in [0.25, 0.3) is 0 Å². The number of aromatic nitrogens is 1. The van der Waals surface area contributed by atoms with Crippen molar-refractivity contribution in [3.63, 3.8) is 0 Å². The zero-order valence-electron chi connectivity index (χ0n) is 5.84. The summed E-state index contributed by atoms with van der Waals surface area (Å²) in [6.45, 7) is 0. The first-order valence-corrected chi connectivity index (χ1v) is 4.49. The normalized spacial score (nSPS) is 9.18. The molecule has 0 saturated carbocycles. The van der Waals surface area contributed by atoms with Crippen molar-refractivity contribution in [3.05, 3.63) is 22.8 Å². The van der Waals surface area contributed by atoms with E-state index in [-0.39, 0.29) is 0 Å². The third-order valence-corrected chi connectivity index (χ3v) is 2.05. The Balaban J connectivity index is 3.19. The van der Waals surface area contributed by atoms with Gasteiger partial charge in [-0.3, -0.25) is 0 Å². The average molecular weight is 185 g/mol. The second-order valence-corrected chi connectivity index (χ2v) is 2.98. The quantitative estimate of drug-likeness (QED) is 0.497. The molecular weight excluding hydrogens is 180 g/mol. The highest BCUT2D eigenvalue weighted by molar-refractivity contribution is 7.98. The van der Waals surface area contributed by atoms with Crippen LogP contribution in [0.1, 0.15) is 5.56 Å². The summed E-state index contributed by atoms with van der Waals surface area (Å²) in [5, 5.41) is 9.70. The predicted molar refractivity (Wildman–Crippen MR) is 45.7 cm³/mol. The van der Waals surface area contributed by atoms with E-state index < -0.39 is 0 Å². The van der Waals surface area contributed by atoms with E-state index in [4.69, 9.17) is 16.9 Å². The van der Waals surface area contributed by atoms with E-state index >= 15 is 0 Å². The first kappa shape index (κ1) is 8.38. The van der Waals surface area contributed by atoms with Crippen molar-refractivity contribution in [1.82, 2.24) is 4.98 Å². The maximum Gasteiger partial charge on any atom is 0.130 e. The van der Waals surface area contributed by atoms with Gasteiger partial charge >= 0.3 is 0 Å². The molecule has 56 valence electrons. The molecule has 1 heterocycles. The molecule has 1 rings (SSSR count). The van der Waals surface area contributed by atoms with Gasteiger partial charge < -0.3 is 0 Å². The lowest BCUT2D eigenvalue weighted by Gasteiger charge is -1.97. The Labute approximate surface area is 74.2 Å². The number of rotatable bonds is 1. The van der Waals surface area contributed by atoms with Crippen LogP contribution in [0.2, 0.25) is 5.15 Å². The average Bonchev–Trinajstić information content (AvgIpc) is 2.04. The smallest absolute Gasteiger partial charge is 0.130 e. The Morgan fingerprint density at radius 2 is 2.36 bits per heavy atom. The molecule has 0 spiro atoms. The maximum atomic E-state index is 8.59. The number of nitriles is 1. The van der Waals surface area contributed by atoms with Gasteiger partial charge in [-0.25, -0.2) is 4.98 Å². The van der Waals surface area contributed by atoms with Crippen LogP contribution in [-0.2, 0) is 0 Å². The van der Waals surface area contributed by atoms with Gasteiger partial charge in [0.1, 0.15) is 16.2 Å². The van der Waals surface area contributed by atoms with Crippen LogP contribution in [0.3, 0.4) is 0 Å². The number of nitrogens with zero attached hydrogens (tertiary/aromatic N) is 2. The van der Waals surface area contributed by atoms with Crippen LogP contribution in [-0.4, -0.2) is 11.2 Å². The summed E-state index contributed by atoms with van der Waals surface area (Å²) in [5.74, 6) is 0. The van der Waals surface area contributed by atoms with E-state index in [0.29, 0.717) is 15.7 Å². The molecule has 2 nitrogen and oxygen atoms in total. The molecule has 0 atom stereocenters. The molecule has 0 aliphatic carbocycles. The van der Waals surface area contributed by atoms with Crippen LogP contribution >= 0.6 is 23.4 Å². The minimum atomic E-state index is 0.424. The highest BCUT2D eigenvalue weighted by Gasteiger charge is 2.01. The number of pyridine rings is 1. The minimum Gasteiger partial charge on any atom is -0.228 e. The molecule has 0 fully saturated rings. The zero-order valence-corrected chi connectivity index (χ0v) is 7.41. The predicted octanol–water partition coefficient (Wildman–Crippen LogP) is 2.33. The highest BCUT2D eigenvalue weighted by atomic mass is 35.5. The van der Waals surface area contributed by atoms with Gasteiger partial charge in [-0.15, -0.1) is 11.8 Å². The molecular formula is C7H5ClN2S. The van der Waals surface area contributed by atoms with Crippen LogP contribution < -0.4 is 0 Å². The van der Waals surface area contributed by atoms with Gasteiger partial charge in [0.2, 0.25) is 0 Å². The lowest BCUT2D eigenvalue weighted by molar-refractivity contribution is 1.11. The summed E-state index contributed by atoms with van der Waals surface area (Å²) >= 11 is 7.03. The molecule has 0 amide bonds. The van der Waals surface area contributed by atoms with E-state index in [1.807, 2.05) is 12.3 Å². The topological polar surface area (TPSA) is 36.7 Å². The SMILES string of the molecule is CSc1nc(Cl)ccc1C#N. The van der Waals surface area contributed by atoms with Crippen molar-refractivity contribution in [1.29, 1.82) is 5.26 Å². The third kappa shape index (κ3) is 1.86. The summed E-state index contributed by atoms with van der Waals surface area (Å²) in [4.78, 5) is 3.97. The Morgan fingerprint density at radius 1 is 1.64 bits per heavy atom. The lowest BCUT2D eigenvalue weighted by Crippen LogP contribution is -1.85. The molecule has 0 saturated heterocycles. The Bertz CT molecular complexity index is 306. The molecule has 0 unspecified atom stereocenters. The van der Waals surface area contributed by atoms with Gasteiger partial charge in [0, 0.05) is 0 Å². The summed E-state index contributed by atoms with van der Waals surface area (Å²) in [7, 11) is 0. The molecule has 0 bridgehead atoms. The van der Waals surface area contributed by atoms with E-state index in [0.717, 1.165) is 0 Å². The standard InChI is InChI=1S/C7H5ClN2S/c1-11-7-5(4-9)2-3-6(8)10-7/h2-3H,1H3. The number of halogens is 1. The Hall–Kier alpha value is -0.720. The van der Waals surface area contributed by atoms with Crippen molar-refractivity contribution in [3.8, 4) is 6.07 Å². The summed E-state index contributed by atoms with van der Waals surface area (Å²) < 4.78 is 0. The minimum absolute atomic E-state index is 0.424. The molecule has 1 aromatic heterocycles. The largest absolute Gasteiger partial charge is 0.228 e. The molecule has 11 heavy (non-hydrogen) atoms. The first-order valence-electron chi connectivity index (χ1n) is 2.88. The van der Waals surface area contributed by atoms with Gasteiger partial charge in [0.15, 0.2) is 0 Å². The molecule has 0 aromatic carbocycles. The van der Waals surface area contributed by atoms with E-state index in [1.54, 1.807) is 12.1 Å². The van der Waals surface area contributed by atoms with Crippen LogP contribution in [0.25, 0.3) is 0 Å². The van der Waals surface area contributed by atoms with Crippen LogP contribution in [0.15, 0.2) is 17.2 Å². The number of thioether (sulfide) groups is 1. The summed E-state index contributed by atoms with van der Waals surface area (Å²) in [5.41, 5.74) is 0.571. The fraction of sp³-hybridized carbons (Fsp3) is 0.143. The monoisotopic (exact) mass is 184 g/mol. The third-order valence-electron chi connectivity index (χ3n) is 1.14. The second-order valence-electron chi connectivity index (χ2n) is 1.80. The van der Waals surface area contributed by atoms with Gasteiger partial charge in [-0.1, -0.05) is 11.6 Å². The zero-order chi connectivity index (χ0) is 8.27. The fourth-order valence-electron chi connectivity index (χ4n) is 0.659. The van der Waals surface area contributed by atoms with Gasteiger partial charge in [-0.2, -0.15) is 5.26 Å². The fourth-order valence-corrected chi connectivity index (χ4v) is 1.38. The van der Waals surface area contributed by atoms with E-state index in [1.165, 1.54) is 11.8 Å². The van der Waals surface area contributed by atoms with Crippen LogP contribution in [0.5, 0.6) is 0 Å². The highest BCUT2D eigenvalue weighted by Crippen LogP contribution is 2.19. The summed E-state index contributed by atoms with van der Waals surface area (Å²) in [6.07, 6.45) is 1.86. The molecule has 1 aromatic rings. The van der Waals surface area contributed by atoms with E-state index in [2.05, 4.69) is 4.98 Å². The number of hydrogen-bond acceptors (Lipinski definition) is 3. The van der Waals surface area contributed by atoms with E-state index in [9.17, 15) is 0 Å². The van der Waals surface area contributed by atoms with Crippen LogP contribution in [0, 0.1) is 11.3 Å². The van der Waals surface area contributed by atoms with Crippen molar-refractivity contribution < 1.29 is 0 Å².